The average Bonchev–Trinajstić information content (AvgIpc) is 2.74. The second-order valence-electron chi connectivity index (χ2n) is 8.65. The lowest BCUT2D eigenvalue weighted by Crippen LogP contribution is -2.51. The summed E-state index contributed by atoms with van der Waals surface area (Å²) in [7, 11) is 0. The Morgan fingerprint density at radius 2 is 1.87 bits per heavy atom. The Hall–Kier alpha value is -2.36. The van der Waals surface area contributed by atoms with Crippen molar-refractivity contribution in [2.75, 3.05) is 32.7 Å². The third-order valence-corrected chi connectivity index (χ3v) is 5.78. The number of carboxylic acids is 1. The van der Waals surface area contributed by atoms with E-state index < -0.39 is 18.1 Å². The largest absolute Gasteiger partial charge is 0.480 e. The van der Waals surface area contributed by atoms with E-state index in [1.807, 2.05) is 0 Å². The fraction of sp³-hybridized carbons (Fsp3) is 0.810. The number of alkyl carbamates (subject to hydrolysis) is 1. The number of carboxylic acid groups (broad SMARTS) is 1. The second kappa shape index (κ2) is 12.5. The Balaban J connectivity index is 1.77. The van der Waals surface area contributed by atoms with Crippen molar-refractivity contribution in [3.05, 3.63) is 0 Å². The van der Waals surface area contributed by atoms with E-state index in [9.17, 15) is 24.3 Å². The van der Waals surface area contributed by atoms with Gasteiger partial charge in [-0.3, -0.25) is 9.59 Å². The Kier molecular flexibility index (Phi) is 10.0. The maximum absolute atomic E-state index is 12.6. The lowest BCUT2D eigenvalue weighted by Gasteiger charge is -2.33. The number of nitrogens with zero attached hydrogens (tertiary/aromatic N) is 1. The van der Waals surface area contributed by atoms with Gasteiger partial charge in [0, 0.05) is 26.1 Å². The number of amides is 3. The highest BCUT2D eigenvalue weighted by molar-refractivity contribution is 5.83. The number of hydrogen-bond donors (Lipinski definition) is 4. The minimum Gasteiger partial charge on any atom is -0.480 e. The van der Waals surface area contributed by atoms with Gasteiger partial charge in [-0.1, -0.05) is 0 Å². The summed E-state index contributed by atoms with van der Waals surface area (Å²) in [6, 6.07) is -1.29. The summed E-state index contributed by atoms with van der Waals surface area (Å²) in [5, 5.41) is 17.4. The predicted octanol–water partition coefficient (Wildman–Crippen LogP) is 0.709. The van der Waals surface area contributed by atoms with Gasteiger partial charge in [-0.2, -0.15) is 0 Å². The second-order valence-corrected chi connectivity index (χ2v) is 8.65. The van der Waals surface area contributed by atoms with Crippen LogP contribution in [0.4, 0.5) is 4.79 Å². The van der Waals surface area contributed by atoms with Crippen LogP contribution in [0, 0.1) is 11.8 Å². The quantitative estimate of drug-likeness (QED) is 0.414. The highest BCUT2D eigenvalue weighted by atomic mass is 16.6. The molecule has 2 aliphatic rings. The average molecular weight is 441 g/mol. The molecule has 176 valence electrons. The molecule has 2 aliphatic heterocycles. The molecule has 0 spiro atoms. The van der Waals surface area contributed by atoms with E-state index in [1.54, 1.807) is 18.7 Å². The topological polar surface area (TPSA) is 137 Å². The molecule has 0 radical (unpaired) electrons. The minimum atomic E-state index is -1.29. The molecule has 2 fully saturated rings. The Morgan fingerprint density at radius 1 is 1.16 bits per heavy atom. The van der Waals surface area contributed by atoms with E-state index in [0.717, 1.165) is 38.8 Å². The third kappa shape index (κ3) is 8.72. The van der Waals surface area contributed by atoms with Crippen molar-refractivity contribution in [2.24, 2.45) is 11.8 Å². The van der Waals surface area contributed by atoms with Crippen LogP contribution in [-0.2, 0) is 19.1 Å². The predicted molar refractivity (Wildman–Crippen MR) is 113 cm³/mol. The summed E-state index contributed by atoms with van der Waals surface area (Å²) in [6.07, 6.45) is 3.73. The molecule has 2 heterocycles. The van der Waals surface area contributed by atoms with Crippen molar-refractivity contribution < 1.29 is 29.0 Å². The summed E-state index contributed by atoms with van der Waals surface area (Å²) in [5.41, 5.74) is 0. The van der Waals surface area contributed by atoms with E-state index in [1.165, 1.54) is 0 Å². The molecule has 0 aromatic carbocycles. The van der Waals surface area contributed by atoms with Crippen LogP contribution in [0.1, 0.15) is 52.4 Å². The van der Waals surface area contributed by atoms with Gasteiger partial charge in [0.1, 0.15) is 6.04 Å². The normalized spacial score (nSPS) is 20.7. The zero-order valence-corrected chi connectivity index (χ0v) is 18.5. The van der Waals surface area contributed by atoms with Gasteiger partial charge >= 0.3 is 12.1 Å². The molecule has 10 nitrogen and oxygen atoms in total. The van der Waals surface area contributed by atoms with Gasteiger partial charge in [-0.25, -0.2) is 9.59 Å². The Morgan fingerprint density at radius 3 is 2.52 bits per heavy atom. The van der Waals surface area contributed by atoms with Crippen LogP contribution in [0.25, 0.3) is 0 Å². The molecule has 0 aliphatic carbocycles. The highest BCUT2D eigenvalue weighted by Crippen LogP contribution is 2.21. The first-order valence-corrected chi connectivity index (χ1v) is 11.2. The van der Waals surface area contributed by atoms with Crippen LogP contribution in [-0.4, -0.2) is 78.8 Å². The van der Waals surface area contributed by atoms with Crippen molar-refractivity contribution in [1.82, 2.24) is 20.9 Å². The summed E-state index contributed by atoms with van der Waals surface area (Å²) in [6.45, 7) is 6.06. The molecule has 4 N–H and O–H groups in total. The molecule has 0 aromatic rings. The molecule has 2 rings (SSSR count). The molecular weight excluding hydrogens is 404 g/mol. The Bertz CT molecular complexity index is 635. The number of rotatable bonds is 9. The van der Waals surface area contributed by atoms with Gasteiger partial charge in [-0.05, 0) is 65.0 Å². The lowest BCUT2D eigenvalue weighted by atomic mass is 9.92. The fourth-order valence-corrected chi connectivity index (χ4v) is 4.01. The van der Waals surface area contributed by atoms with Crippen molar-refractivity contribution in [2.45, 2.75) is 64.5 Å². The van der Waals surface area contributed by atoms with E-state index in [4.69, 9.17) is 4.74 Å². The third-order valence-electron chi connectivity index (χ3n) is 5.78. The maximum Gasteiger partial charge on any atom is 0.408 e. The number of piperidine rings is 2. The maximum atomic E-state index is 12.6. The standard InChI is InChI=1S/C21H36N4O6/c1-14(2)31-21(30)24-17(20(28)29)12-23-19(27)16-4-3-11-25(13-16)18(26)6-5-15-7-9-22-10-8-15/h14-17,22H,3-13H2,1-2H3,(H,23,27)(H,24,30)(H,28,29)/t16-,17-/m1/s1. The number of likely N-dealkylation sites (tertiary alicyclic amines) is 1. The van der Waals surface area contributed by atoms with Crippen molar-refractivity contribution >= 4 is 23.9 Å². The molecule has 0 bridgehead atoms. The number of carbonyl (C=O) groups excluding carboxylic acids is 3. The van der Waals surface area contributed by atoms with E-state index >= 15 is 0 Å². The highest BCUT2D eigenvalue weighted by Gasteiger charge is 2.30. The smallest absolute Gasteiger partial charge is 0.408 e. The van der Waals surface area contributed by atoms with Crippen LogP contribution >= 0.6 is 0 Å². The number of carbonyl (C=O) groups is 4. The van der Waals surface area contributed by atoms with E-state index in [-0.39, 0.29) is 30.4 Å². The molecule has 31 heavy (non-hydrogen) atoms. The molecule has 0 aromatic heterocycles. The van der Waals surface area contributed by atoms with E-state index in [0.29, 0.717) is 31.8 Å². The van der Waals surface area contributed by atoms with Crippen LogP contribution in [0.2, 0.25) is 0 Å². The van der Waals surface area contributed by atoms with Crippen LogP contribution in [0.3, 0.4) is 0 Å². The van der Waals surface area contributed by atoms with Crippen LogP contribution < -0.4 is 16.0 Å². The molecular formula is C21H36N4O6. The van der Waals surface area contributed by atoms with E-state index in [2.05, 4.69) is 16.0 Å². The van der Waals surface area contributed by atoms with Crippen molar-refractivity contribution in [3.8, 4) is 0 Å². The van der Waals surface area contributed by atoms with Crippen molar-refractivity contribution in [1.29, 1.82) is 0 Å². The van der Waals surface area contributed by atoms with Crippen molar-refractivity contribution in [3.63, 3.8) is 0 Å². The van der Waals surface area contributed by atoms with Crippen LogP contribution in [0.5, 0.6) is 0 Å². The monoisotopic (exact) mass is 440 g/mol. The van der Waals surface area contributed by atoms with Gasteiger partial charge < -0.3 is 30.7 Å². The Labute approximate surface area is 183 Å². The first-order chi connectivity index (χ1) is 14.8. The molecule has 0 unspecified atom stereocenters. The number of ether oxygens (including phenoxy) is 1. The fourth-order valence-electron chi connectivity index (χ4n) is 4.01. The van der Waals surface area contributed by atoms with Gasteiger partial charge in [0.25, 0.3) is 0 Å². The summed E-state index contributed by atoms with van der Waals surface area (Å²) < 4.78 is 4.89. The first-order valence-electron chi connectivity index (χ1n) is 11.2. The van der Waals surface area contributed by atoms with Gasteiger partial charge in [0.15, 0.2) is 0 Å². The molecule has 2 atom stereocenters. The summed E-state index contributed by atoms with van der Waals surface area (Å²) in [4.78, 5) is 50.0. The van der Waals surface area contributed by atoms with Gasteiger partial charge in [0.2, 0.25) is 11.8 Å². The zero-order chi connectivity index (χ0) is 22.8. The number of hydrogen-bond acceptors (Lipinski definition) is 6. The molecule has 0 saturated carbocycles. The number of nitrogens with one attached hydrogen (secondary N) is 3. The van der Waals surface area contributed by atoms with Crippen LogP contribution in [0.15, 0.2) is 0 Å². The first kappa shape index (κ1) is 24.9. The SMILES string of the molecule is CC(C)OC(=O)N[C@H](CNC(=O)[C@@H]1CCCN(C(=O)CCC2CCNCC2)C1)C(=O)O. The number of aliphatic carboxylic acids is 1. The zero-order valence-electron chi connectivity index (χ0n) is 18.5. The minimum absolute atomic E-state index is 0.0811. The molecule has 10 heteroatoms. The summed E-state index contributed by atoms with van der Waals surface area (Å²) >= 11 is 0. The van der Waals surface area contributed by atoms with Gasteiger partial charge in [0.05, 0.1) is 12.0 Å². The molecule has 2 saturated heterocycles. The lowest BCUT2D eigenvalue weighted by molar-refractivity contribution is -0.139. The molecule has 3 amide bonds. The van der Waals surface area contributed by atoms with Gasteiger partial charge in [-0.15, -0.1) is 0 Å². The summed E-state index contributed by atoms with van der Waals surface area (Å²) in [5.74, 6) is -1.29.